The summed E-state index contributed by atoms with van der Waals surface area (Å²) in [5.74, 6) is 1.77. The highest BCUT2D eigenvalue weighted by atomic mass is 16.5. The van der Waals surface area contributed by atoms with Gasteiger partial charge in [0.25, 0.3) is 6.71 Å². The monoisotopic (exact) mass is 741 g/mol. The van der Waals surface area contributed by atoms with Crippen molar-refractivity contribution in [3.63, 3.8) is 0 Å². The van der Waals surface area contributed by atoms with Gasteiger partial charge in [-0.15, -0.1) is 0 Å². The first-order valence-electron chi connectivity index (χ1n) is 20.0. The number of para-hydroxylation sites is 3. The van der Waals surface area contributed by atoms with E-state index in [1.165, 1.54) is 60.2 Å². The molecular weight excluding hydrogens is 705 g/mol. The second kappa shape index (κ2) is 12.8. The Morgan fingerprint density at radius 2 is 1.10 bits per heavy atom. The first-order valence-corrected chi connectivity index (χ1v) is 20.0. The average Bonchev–Trinajstić information content (AvgIpc) is 3.61. The van der Waals surface area contributed by atoms with Crippen LogP contribution in [-0.2, 0) is 0 Å². The Kier molecular flexibility index (Phi) is 7.20. The standard InChI is InChI=1S/C53H36BN3O/c1-35-23-26-39(27-24-35)55(40-29-32-47-44(33-40)43-19-10-11-20-46(43)56(47)37-14-4-2-5-15-37)41-28-30-45-51(34-41)58-50-22-12-21-48-53(50)54(45)52-42-18-9-8-13-36(42)25-31-49(52)57(48)38-16-6-3-7-17-38/h2-34H,1H3. The molecule has 0 bridgehead atoms. The summed E-state index contributed by atoms with van der Waals surface area (Å²) < 4.78 is 9.41. The van der Waals surface area contributed by atoms with Crippen LogP contribution in [0.1, 0.15) is 5.56 Å². The Hall–Kier alpha value is -7.50. The van der Waals surface area contributed by atoms with Crippen molar-refractivity contribution in [1.29, 1.82) is 0 Å². The van der Waals surface area contributed by atoms with E-state index in [1.807, 2.05) is 0 Å². The van der Waals surface area contributed by atoms with Crippen molar-refractivity contribution in [2.24, 2.45) is 0 Å². The van der Waals surface area contributed by atoms with Gasteiger partial charge in [0.2, 0.25) is 0 Å². The number of nitrogens with zero attached hydrogens (tertiary/aromatic N) is 3. The molecule has 0 saturated heterocycles. The molecule has 2 aliphatic rings. The molecule has 0 radical (unpaired) electrons. The molecular formula is C53H36BN3O. The number of hydrogen-bond donors (Lipinski definition) is 0. The van der Waals surface area contributed by atoms with Crippen LogP contribution in [0, 0.1) is 6.92 Å². The minimum atomic E-state index is -0.0154. The summed E-state index contributed by atoms with van der Waals surface area (Å²) in [7, 11) is 0. The van der Waals surface area contributed by atoms with E-state index in [4.69, 9.17) is 4.74 Å². The molecule has 0 amide bonds. The van der Waals surface area contributed by atoms with Gasteiger partial charge in [-0.25, -0.2) is 0 Å². The van der Waals surface area contributed by atoms with Crippen LogP contribution in [0.3, 0.4) is 0 Å². The highest BCUT2D eigenvalue weighted by Gasteiger charge is 2.42. The fraction of sp³-hybridized carbons (Fsp3) is 0.0189. The minimum absolute atomic E-state index is 0.0154. The molecule has 9 aromatic carbocycles. The fourth-order valence-corrected chi connectivity index (χ4v) is 9.53. The van der Waals surface area contributed by atoms with Gasteiger partial charge < -0.3 is 19.1 Å². The van der Waals surface area contributed by atoms with Crippen LogP contribution in [-0.4, -0.2) is 11.3 Å². The summed E-state index contributed by atoms with van der Waals surface area (Å²) in [6.45, 7) is 2.13. The van der Waals surface area contributed by atoms with E-state index in [0.717, 1.165) is 45.6 Å². The lowest BCUT2D eigenvalue weighted by molar-refractivity contribution is 0.487. The molecule has 5 heteroatoms. The maximum Gasteiger partial charge on any atom is 0.257 e. The van der Waals surface area contributed by atoms with Gasteiger partial charge in [-0.2, -0.15) is 0 Å². The van der Waals surface area contributed by atoms with Crippen molar-refractivity contribution in [3.05, 3.63) is 206 Å². The lowest BCUT2D eigenvalue weighted by atomic mass is 9.33. The third kappa shape index (κ3) is 4.90. The molecule has 0 aliphatic carbocycles. The number of aromatic nitrogens is 1. The maximum absolute atomic E-state index is 7.04. The summed E-state index contributed by atoms with van der Waals surface area (Å²) in [5.41, 5.74) is 15.1. The van der Waals surface area contributed by atoms with Crippen molar-refractivity contribution in [1.82, 2.24) is 4.57 Å². The highest BCUT2D eigenvalue weighted by molar-refractivity contribution is 7.00. The van der Waals surface area contributed by atoms with Crippen molar-refractivity contribution >= 4 is 89.8 Å². The third-order valence-corrected chi connectivity index (χ3v) is 12.1. The number of anilines is 6. The second-order valence-corrected chi connectivity index (χ2v) is 15.4. The summed E-state index contributed by atoms with van der Waals surface area (Å²) >= 11 is 0. The topological polar surface area (TPSA) is 20.6 Å². The fourth-order valence-electron chi connectivity index (χ4n) is 9.53. The molecule has 0 spiro atoms. The molecule has 272 valence electrons. The van der Waals surface area contributed by atoms with Crippen molar-refractivity contribution < 1.29 is 4.74 Å². The summed E-state index contributed by atoms with van der Waals surface area (Å²) in [6.07, 6.45) is 0. The summed E-state index contributed by atoms with van der Waals surface area (Å²) in [4.78, 5) is 4.77. The first kappa shape index (κ1) is 32.7. The van der Waals surface area contributed by atoms with Crippen LogP contribution in [0.5, 0.6) is 11.5 Å². The molecule has 10 aromatic rings. The molecule has 4 nitrogen and oxygen atoms in total. The predicted octanol–water partition coefficient (Wildman–Crippen LogP) is 12.1. The average molecular weight is 742 g/mol. The smallest absolute Gasteiger partial charge is 0.257 e. The number of hydrogen-bond acceptors (Lipinski definition) is 3. The van der Waals surface area contributed by atoms with Gasteiger partial charge in [0.05, 0.1) is 11.0 Å². The third-order valence-electron chi connectivity index (χ3n) is 12.1. The number of fused-ring (bicyclic) bond motifs is 9. The zero-order valence-corrected chi connectivity index (χ0v) is 31.9. The van der Waals surface area contributed by atoms with E-state index < -0.39 is 0 Å². The molecule has 0 saturated carbocycles. The van der Waals surface area contributed by atoms with Crippen molar-refractivity contribution in [3.8, 4) is 17.2 Å². The minimum Gasteiger partial charge on any atom is -0.458 e. The van der Waals surface area contributed by atoms with E-state index in [2.05, 4.69) is 221 Å². The lowest BCUT2D eigenvalue weighted by Gasteiger charge is -2.40. The number of rotatable bonds is 5. The summed E-state index contributed by atoms with van der Waals surface area (Å²) in [6, 6.07) is 72.4. The van der Waals surface area contributed by atoms with E-state index in [-0.39, 0.29) is 6.71 Å². The zero-order valence-electron chi connectivity index (χ0n) is 31.9. The van der Waals surface area contributed by atoms with Crippen LogP contribution in [0.25, 0.3) is 38.3 Å². The summed E-state index contributed by atoms with van der Waals surface area (Å²) in [5, 5.41) is 4.92. The Morgan fingerprint density at radius 3 is 1.93 bits per heavy atom. The Bertz CT molecular complexity index is 3230. The van der Waals surface area contributed by atoms with Crippen LogP contribution >= 0.6 is 0 Å². The number of aryl methyl sites for hydroxylation is 1. The Balaban J connectivity index is 1.06. The van der Waals surface area contributed by atoms with Gasteiger partial charge in [-0.1, -0.05) is 115 Å². The lowest BCUT2D eigenvalue weighted by Crippen LogP contribution is -2.59. The van der Waals surface area contributed by atoms with Gasteiger partial charge in [0.1, 0.15) is 11.5 Å². The maximum atomic E-state index is 7.04. The van der Waals surface area contributed by atoms with E-state index >= 15 is 0 Å². The first-order chi connectivity index (χ1) is 28.7. The van der Waals surface area contributed by atoms with Crippen LogP contribution in [0.15, 0.2) is 200 Å². The van der Waals surface area contributed by atoms with Gasteiger partial charge in [-0.05, 0) is 119 Å². The quantitative estimate of drug-likeness (QED) is 0.164. The molecule has 0 atom stereocenters. The highest BCUT2D eigenvalue weighted by Crippen LogP contribution is 2.44. The van der Waals surface area contributed by atoms with E-state index in [9.17, 15) is 0 Å². The molecule has 0 fully saturated rings. The van der Waals surface area contributed by atoms with Gasteiger partial charge in [0.15, 0.2) is 0 Å². The zero-order chi connectivity index (χ0) is 38.3. The molecule has 12 rings (SSSR count). The molecule has 2 aliphatic heterocycles. The van der Waals surface area contributed by atoms with E-state index in [1.54, 1.807) is 0 Å². The molecule has 0 unspecified atom stereocenters. The number of ether oxygens (including phenoxy) is 1. The largest absolute Gasteiger partial charge is 0.458 e. The van der Waals surface area contributed by atoms with Crippen LogP contribution in [0.4, 0.5) is 34.1 Å². The molecule has 3 heterocycles. The van der Waals surface area contributed by atoms with Crippen molar-refractivity contribution in [2.45, 2.75) is 6.92 Å². The Labute approximate surface area is 337 Å². The Morgan fingerprint density at radius 1 is 0.448 bits per heavy atom. The van der Waals surface area contributed by atoms with Gasteiger partial charge in [0, 0.05) is 56.7 Å². The van der Waals surface area contributed by atoms with E-state index in [0.29, 0.717) is 0 Å². The molecule has 58 heavy (non-hydrogen) atoms. The number of benzene rings is 9. The van der Waals surface area contributed by atoms with Crippen LogP contribution in [0.2, 0.25) is 0 Å². The molecule has 1 aromatic heterocycles. The van der Waals surface area contributed by atoms with Crippen LogP contribution < -0.4 is 30.9 Å². The predicted molar refractivity (Wildman–Crippen MR) is 244 cm³/mol. The normalized spacial score (nSPS) is 12.6. The van der Waals surface area contributed by atoms with Crippen molar-refractivity contribution in [2.75, 3.05) is 9.80 Å². The van der Waals surface area contributed by atoms with Gasteiger partial charge >= 0.3 is 0 Å². The SMILES string of the molecule is Cc1ccc(N(c2ccc3c(c2)Oc2cccc4c2B3c2c(ccc3ccccc23)N4c2ccccc2)c2ccc3c(c2)c2ccccc2n3-c2ccccc2)cc1. The molecule has 0 N–H and O–H groups in total. The van der Waals surface area contributed by atoms with Gasteiger partial charge in [-0.3, -0.25) is 0 Å². The second-order valence-electron chi connectivity index (χ2n) is 15.4.